The van der Waals surface area contributed by atoms with Crippen molar-refractivity contribution in [2.24, 2.45) is 5.92 Å². The Morgan fingerprint density at radius 1 is 1.15 bits per heavy atom. The lowest BCUT2D eigenvalue weighted by atomic mass is 10.0. The number of halogens is 2. The Morgan fingerprint density at radius 2 is 1.85 bits per heavy atom. The van der Waals surface area contributed by atoms with Gasteiger partial charge in [0.05, 0.1) is 16.6 Å². The van der Waals surface area contributed by atoms with Crippen LogP contribution in [0.25, 0.3) is 0 Å². The molecule has 0 saturated carbocycles. The van der Waals surface area contributed by atoms with Gasteiger partial charge in [0, 0.05) is 23.7 Å². The molecule has 0 radical (unpaired) electrons. The van der Waals surface area contributed by atoms with Crippen LogP contribution >= 0.6 is 23.2 Å². The lowest BCUT2D eigenvalue weighted by Gasteiger charge is -2.18. The first-order valence-corrected chi connectivity index (χ1v) is 9.27. The van der Waals surface area contributed by atoms with E-state index in [4.69, 9.17) is 23.2 Å². The number of benzene rings is 2. The number of rotatable bonds is 4. The molecule has 1 fully saturated rings. The third-order valence-corrected chi connectivity index (χ3v) is 5.09. The maximum Gasteiger partial charge on any atom is 0.229 e. The van der Waals surface area contributed by atoms with Gasteiger partial charge in [-0.25, -0.2) is 0 Å². The average Bonchev–Trinajstić information content (AvgIpc) is 2.99. The van der Waals surface area contributed by atoms with E-state index in [1.807, 2.05) is 24.3 Å². The second-order valence-corrected chi connectivity index (χ2v) is 7.61. The summed E-state index contributed by atoms with van der Waals surface area (Å²) in [5.41, 5.74) is 2.48. The van der Waals surface area contributed by atoms with Crippen LogP contribution in [0.5, 0.6) is 0 Å². The molecule has 0 aliphatic carbocycles. The van der Waals surface area contributed by atoms with Gasteiger partial charge in [0.2, 0.25) is 11.8 Å². The number of nitrogens with one attached hydrogen (secondary N) is 1. The molecular weight excluding hydrogens is 371 g/mol. The molecule has 1 atom stereocenters. The first-order valence-electron chi connectivity index (χ1n) is 8.51. The molecule has 2 aromatic rings. The van der Waals surface area contributed by atoms with Crippen LogP contribution in [0.1, 0.15) is 31.7 Å². The summed E-state index contributed by atoms with van der Waals surface area (Å²) in [5.74, 6) is -0.300. The van der Waals surface area contributed by atoms with Gasteiger partial charge in [0.25, 0.3) is 0 Å². The number of nitrogens with zero attached hydrogens (tertiary/aromatic N) is 1. The van der Waals surface area contributed by atoms with Crippen molar-refractivity contribution in [1.82, 2.24) is 0 Å². The van der Waals surface area contributed by atoms with E-state index in [1.54, 1.807) is 18.2 Å². The predicted molar refractivity (Wildman–Crippen MR) is 106 cm³/mol. The smallest absolute Gasteiger partial charge is 0.229 e. The van der Waals surface area contributed by atoms with Crippen molar-refractivity contribution in [3.8, 4) is 0 Å². The minimum absolute atomic E-state index is 0.135. The van der Waals surface area contributed by atoms with Gasteiger partial charge in [-0.05, 0) is 41.8 Å². The fraction of sp³-hybridized carbons (Fsp3) is 0.300. The molecule has 2 amide bonds. The summed E-state index contributed by atoms with van der Waals surface area (Å²) in [6, 6.07) is 12.7. The molecule has 0 spiro atoms. The van der Waals surface area contributed by atoms with Gasteiger partial charge in [-0.15, -0.1) is 0 Å². The summed E-state index contributed by atoms with van der Waals surface area (Å²) < 4.78 is 0. The lowest BCUT2D eigenvalue weighted by Crippen LogP contribution is -2.28. The van der Waals surface area contributed by atoms with Gasteiger partial charge in [-0.3, -0.25) is 9.59 Å². The van der Waals surface area contributed by atoms with Gasteiger partial charge in [0.1, 0.15) is 0 Å². The van der Waals surface area contributed by atoms with Crippen LogP contribution in [0.4, 0.5) is 11.4 Å². The number of carbonyl (C=O) groups is 2. The van der Waals surface area contributed by atoms with Crippen LogP contribution in [0.3, 0.4) is 0 Å². The van der Waals surface area contributed by atoms with Gasteiger partial charge in [-0.2, -0.15) is 0 Å². The van der Waals surface area contributed by atoms with Crippen molar-refractivity contribution in [3.05, 3.63) is 58.1 Å². The van der Waals surface area contributed by atoms with E-state index in [0.29, 0.717) is 21.7 Å². The molecule has 0 aromatic heterocycles. The van der Waals surface area contributed by atoms with Crippen LogP contribution in [-0.2, 0) is 9.59 Å². The highest BCUT2D eigenvalue weighted by molar-refractivity contribution is 6.36. The molecule has 1 aliphatic rings. The summed E-state index contributed by atoms with van der Waals surface area (Å²) in [4.78, 5) is 26.5. The number of amides is 2. The van der Waals surface area contributed by atoms with Gasteiger partial charge < -0.3 is 10.2 Å². The highest BCUT2D eigenvalue weighted by Crippen LogP contribution is 2.33. The Hall–Kier alpha value is -2.04. The number of hydrogen-bond acceptors (Lipinski definition) is 2. The fourth-order valence-electron chi connectivity index (χ4n) is 3.00. The van der Waals surface area contributed by atoms with E-state index in [2.05, 4.69) is 19.2 Å². The molecule has 2 aromatic carbocycles. The molecule has 1 unspecified atom stereocenters. The predicted octanol–water partition coefficient (Wildman–Crippen LogP) is 5.11. The Morgan fingerprint density at radius 3 is 2.50 bits per heavy atom. The van der Waals surface area contributed by atoms with Crippen LogP contribution in [-0.4, -0.2) is 18.4 Å². The van der Waals surface area contributed by atoms with E-state index < -0.39 is 5.92 Å². The van der Waals surface area contributed by atoms with Crippen LogP contribution in [0.15, 0.2) is 42.5 Å². The van der Waals surface area contributed by atoms with E-state index in [1.165, 1.54) is 10.5 Å². The topological polar surface area (TPSA) is 49.4 Å². The highest BCUT2D eigenvalue weighted by atomic mass is 35.5. The number of hydrogen-bond donors (Lipinski definition) is 1. The zero-order chi connectivity index (χ0) is 18.8. The van der Waals surface area contributed by atoms with Crippen molar-refractivity contribution in [2.45, 2.75) is 26.2 Å². The quantitative estimate of drug-likeness (QED) is 0.788. The Balaban J connectivity index is 1.70. The standard InChI is InChI=1S/C20H20Cl2N2O2/c1-12(2)13-3-6-16(7-4-13)23-20(26)14-9-19(25)24(11-14)18-10-15(21)5-8-17(18)22/h3-8,10,12,14H,9,11H2,1-2H3,(H,23,26). The first kappa shape index (κ1) is 18.7. The number of carbonyl (C=O) groups excluding carboxylic acids is 2. The first-order chi connectivity index (χ1) is 12.3. The fourth-order valence-corrected chi connectivity index (χ4v) is 3.39. The maximum atomic E-state index is 12.6. The third-order valence-electron chi connectivity index (χ3n) is 4.54. The largest absolute Gasteiger partial charge is 0.326 e. The Kier molecular flexibility index (Phi) is 5.54. The molecule has 4 nitrogen and oxygen atoms in total. The zero-order valence-corrected chi connectivity index (χ0v) is 16.1. The van der Waals surface area contributed by atoms with Gasteiger partial charge in [-0.1, -0.05) is 49.2 Å². The minimum atomic E-state index is -0.428. The normalized spacial score (nSPS) is 17.0. The summed E-state index contributed by atoms with van der Waals surface area (Å²) in [6.45, 7) is 4.52. The van der Waals surface area contributed by atoms with Crippen molar-refractivity contribution in [2.75, 3.05) is 16.8 Å². The van der Waals surface area contributed by atoms with Crippen molar-refractivity contribution in [3.63, 3.8) is 0 Å². The molecule has 1 N–H and O–H groups in total. The molecule has 136 valence electrons. The molecule has 3 rings (SSSR count). The maximum absolute atomic E-state index is 12.6. The summed E-state index contributed by atoms with van der Waals surface area (Å²) >= 11 is 12.2. The zero-order valence-electron chi connectivity index (χ0n) is 14.6. The molecule has 1 saturated heterocycles. The minimum Gasteiger partial charge on any atom is -0.326 e. The second kappa shape index (κ2) is 7.68. The van der Waals surface area contributed by atoms with Gasteiger partial charge >= 0.3 is 0 Å². The molecular formula is C20H20Cl2N2O2. The Labute approximate surface area is 163 Å². The molecule has 26 heavy (non-hydrogen) atoms. The summed E-state index contributed by atoms with van der Waals surface area (Å²) in [6.07, 6.45) is 0.152. The van der Waals surface area contributed by atoms with E-state index >= 15 is 0 Å². The molecule has 6 heteroatoms. The van der Waals surface area contributed by atoms with Crippen LogP contribution in [0.2, 0.25) is 10.0 Å². The van der Waals surface area contributed by atoms with Crippen molar-refractivity contribution < 1.29 is 9.59 Å². The summed E-state index contributed by atoms with van der Waals surface area (Å²) in [7, 11) is 0. The van der Waals surface area contributed by atoms with Gasteiger partial charge in [0.15, 0.2) is 0 Å². The highest BCUT2D eigenvalue weighted by Gasteiger charge is 2.36. The van der Waals surface area contributed by atoms with E-state index in [0.717, 1.165) is 5.69 Å². The molecule has 1 aliphatic heterocycles. The SMILES string of the molecule is CC(C)c1ccc(NC(=O)C2CC(=O)N(c3cc(Cl)ccc3Cl)C2)cc1. The summed E-state index contributed by atoms with van der Waals surface area (Å²) in [5, 5.41) is 3.83. The lowest BCUT2D eigenvalue weighted by molar-refractivity contribution is -0.122. The molecule has 1 heterocycles. The Bertz CT molecular complexity index is 834. The second-order valence-electron chi connectivity index (χ2n) is 6.77. The van der Waals surface area contributed by atoms with E-state index in [-0.39, 0.29) is 24.8 Å². The van der Waals surface area contributed by atoms with Crippen molar-refractivity contribution >= 4 is 46.4 Å². The number of anilines is 2. The monoisotopic (exact) mass is 390 g/mol. The van der Waals surface area contributed by atoms with Crippen molar-refractivity contribution in [1.29, 1.82) is 0 Å². The van der Waals surface area contributed by atoms with E-state index in [9.17, 15) is 9.59 Å². The van der Waals surface area contributed by atoms with Crippen LogP contribution < -0.4 is 10.2 Å². The average molecular weight is 391 g/mol. The molecule has 0 bridgehead atoms. The third kappa shape index (κ3) is 4.02. The van der Waals surface area contributed by atoms with Crippen LogP contribution in [0, 0.1) is 5.92 Å².